The predicted molar refractivity (Wildman–Crippen MR) is 46.0 cm³/mol. The highest BCUT2D eigenvalue weighted by atomic mass is 14.9. The van der Waals surface area contributed by atoms with Gasteiger partial charge in [0.05, 0.1) is 0 Å². The first kappa shape index (κ1) is 9.92. The van der Waals surface area contributed by atoms with Crippen LogP contribution in [0.2, 0.25) is 0 Å². The van der Waals surface area contributed by atoms with Gasteiger partial charge >= 0.3 is 0 Å². The van der Waals surface area contributed by atoms with Gasteiger partial charge in [-0.2, -0.15) is 0 Å². The van der Waals surface area contributed by atoms with E-state index in [1.165, 1.54) is 19.3 Å². The smallest absolute Gasteiger partial charge is 0.0165 e. The van der Waals surface area contributed by atoms with E-state index in [4.69, 9.17) is 5.73 Å². The zero-order chi connectivity index (χ0) is 7.82. The van der Waals surface area contributed by atoms with Crippen molar-refractivity contribution < 1.29 is 0 Å². The lowest BCUT2D eigenvalue weighted by atomic mass is 10.1. The molecule has 62 valence electrons. The van der Waals surface area contributed by atoms with Gasteiger partial charge in [0.15, 0.2) is 0 Å². The molecule has 0 aromatic carbocycles. The molecular formula is C8H20N2. The lowest BCUT2D eigenvalue weighted by Crippen LogP contribution is -2.39. The first-order valence-electron chi connectivity index (χ1n) is 4.27. The summed E-state index contributed by atoms with van der Waals surface area (Å²) in [7, 11) is 0. The van der Waals surface area contributed by atoms with Crippen LogP contribution in [0.25, 0.3) is 0 Å². The van der Waals surface area contributed by atoms with Crippen molar-refractivity contribution in [2.75, 3.05) is 13.1 Å². The van der Waals surface area contributed by atoms with Crippen LogP contribution < -0.4 is 11.1 Å². The molecule has 1 aliphatic rings. The molecule has 1 aliphatic heterocycles. The summed E-state index contributed by atoms with van der Waals surface area (Å²) in [4.78, 5) is 0. The second kappa shape index (κ2) is 7.03. The molecule has 10 heavy (non-hydrogen) atoms. The fourth-order valence-electron chi connectivity index (χ4n) is 0.879. The van der Waals surface area contributed by atoms with Gasteiger partial charge in [-0.05, 0) is 19.4 Å². The van der Waals surface area contributed by atoms with Gasteiger partial charge in [-0.3, -0.25) is 0 Å². The van der Waals surface area contributed by atoms with E-state index in [0.717, 1.165) is 13.1 Å². The van der Waals surface area contributed by atoms with Crippen molar-refractivity contribution in [2.45, 2.75) is 39.2 Å². The average Bonchev–Trinajstić information content (AvgIpc) is 1.91. The number of hydrogen-bond acceptors (Lipinski definition) is 2. The van der Waals surface area contributed by atoms with Crippen LogP contribution in [-0.2, 0) is 0 Å². The third-order valence-electron chi connectivity index (χ3n) is 1.33. The van der Waals surface area contributed by atoms with Gasteiger partial charge in [0.1, 0.15) is 0 Å². The molecule has 2 heteroatoms. The predicted octanol–water partition coefficient (Wildman–Crippen LogP) is 1.11. The second-order valence-corrected chi connectivity index (χ2v) is 2.81. The Morgan fingerprint density at radius 2 is 2.10 bits per heavy atom. The van der Waals surface area contributed by atoms with Gasteiger partial charge < -0.3 is 11.1 Å². The zero-order valence-electron chi connectivity index (χ0n) is 7.19. The van der Waals surface area contributed by atoms with Crippen molar-refractivity contribution >= 4 is 0 Å². The lowest BCUT2D eigenvalue weighted by Gasteiger charge is -2.17. The van der Waals surface area contributed by atoms with Crippen molar-refractivity contribution in [3.63, 3.8) is 0 Å². The van der Waals surface area contributed by atoms with Crippen molar-refractivity contribution in [3.8, 4) is 0 Å². The van der Waals surface area contributed by atoms with E-state index in [0.29, 0.717) is 6.04 Å². The van der Waals surface area contributed by atoms with E-state index in [1.54, 1.807) is 0 Å². The van der Waals surface area contributed by atoms with Crippen LogP contribution in [0.1, 0.15) is 33.1 Å². The number of piperidine rings is 1. The Labute approximate surface area is 64.2 Å². The molecule has 1 saturated heterocycles. The van der Waals surface area contributed by atoms with Crippen LogP contribution in [0.3, 0.4) is 0 Å². The quantitative estimate of drug-likeness (QED) is 0.534. The van der Waals surface area contributed by atoms with Gasteiger partial charge in [-0.1, -0.05) is 20.3 Å². The fourth-order valence-corrected chi connectivity index (χ4v) is 0.879. The Kier molecular flexibility index (Phi) is 6.98. The number of hydrogen-bond donors (Lipinski definition) is 2. The summed E-state index contributed by atoms with van der Waals surface area (Å²) in [6.45, 7) is 6.42. The summed E-state index contributed by atoms with van der Waals surface area (Å²) in [5.41, 5.74) is 5.57. The summed E-state index contributed by atoms with van der Waals surface area (Å²) in [5.74, 6) is 0. The van der Waals surface area contributed by atoms with E-state index in [1.807, 2.05) is 0 Å². The maximum absolute atomic E-state index is 5.57. The first-order chi connectivity index (χ1) is 4.81. The molecule has 0 aromatic heterocycles. The molecule has 0 aliphatic carbocycles. The Morgan fingerprint density at radius 1 is 1.50 bits per heavy atom. The number of rotatable bonds is 0. The van der Waals surface area contributed by atoms with Crippen molar-refractivity contribution in [3.05, 3.63) is 0 Å². The Hall–Kier alpha value is -0.0800. The van der Waals surface area contributed by atoms with Gasteiger partial charge in [0, 0.05) is 12.6 Å². The third kappa shape index (κ3) is 6.05. The molecule has 0 bridgehead atoms. The number of nitrogens with one attached hydrogen (secondary N) is 1. The SMILES string of the molecule is CCC.NC1CCCNC1. The van der Waals surface area contributed by atoms with E-state index in [9.17, 15) is 0 Å². The van der Waals surface area contributed by atoms with Gasteiger partial charge in [0.2, 0.25) is 0 Å². The maximum atomic E-state index is 5.57. The van der Waals surface area contributed by atoms with Crippen LogP contribution in [0.5, 0.6) is 0 Å². The molecule has 0 amide bonds. The topological polar surface area (TPSA) is 38.0 Å². The minimum atomic E-state index is 0.425. The lowest BCUT2D eigenvalue weighted by molar-refractivity contribution is 0.459. The molecule has 1 atom stereocenters. The summed E-state index contributed by atoms with van der Waals surface area (Å²) < 4.78 is 0. The van der Waals surface area contributed by atoms with Gasteiger partial charge in [-0.15, -0.1) is 0 Å². The molecule has 0 aromatic rings. The standard InChI is InChI=1S/C5H12N2.C3H8/c6-5-2-1-3-7-4-5;1-3-2/h5,7H,1-4,6H2;3H2,1-2H3. The first-order valence-corrected chi connectivity index (χ1v) is 4.27. The van der Waals surface area contributed by atoms with Crippen LogP contribution in [0, 0.1) is 0 Å². The van der Waals surface area contributed by atoms with Crippen molar-refractivity contribution in [2.24, 2.45) is 5.73 Å². The normalized spacial score (nSPS) is 24.9. The molecule has 0 saturated carbocycles. The summed E-state index contributed by atoms with van der Waals surface area (Å²) in [6.07, 6.45) is 3.70. The highest BCUT2D eigenvalue weighted by Crippen LogP contribution is 1.96. The Bertz CT molecular complexity index is 58.3. The van der Waals surface area contributed by atoms with E-state index in [-0.39, 0.29) is 0 Å². The summed E-state index contributed by atoms with van der Waals surface area (Å²) in [5, 5.41) is 3.21. The molecule has 1 heterocycles. The minimum absolute atomic E-state index is 0.425. The molecular weight excluding hydrogens is 124 g/mol. The zero-order valence-corrected chi connectivity index (χ0v) is 7.19. The van der Waals surface area contributed by atoms with Crippen LogP contribution in [0.4, 0.5) is 0 Å². The van der Waals surface area contributed by atoms with Crippen molar-refractivity contribution in [1.29, 1.82) is 0 Å². The highest BCUT2D eigenvalue weighted by Gasteiger charge is 2.05. The molecule has 0 spiro atoms. The minimum Gasteiger partial charge on any atom is -0.327 e. The molecule has 1 rings (SSSR count). The monoisotopic (exact) mass is 144 g/mol. The van der Waals surface area contributed by atoms with Gasteiger partial charge in [-0.25, -0.2) is 0 Å². The molecule has 3 N–H and O–H groups in total. The largest absolute Gasteiger partial charge is 0.327 e. The van der Waals surface area contributed by atoms with E-state index < -0.39 is 0 Å². The van der Waals surface area contributed by atoms with E-state index in [2.05, 4.69) is 19.2 Å². The Balaban J connectivity index is 0.000000236. The van der Waals surface area contributed by atoms with Gasteiger partial charge in [0.25, 0.3) is 0 Å². The highest BCUT2D eigenvalue weighted by molar-refractivity contribution is 4.69. The Morgan fingerprint density at radius 3 is 2.30 bits per heavy atom. The third-order valence-corrected chi connectivity index (χ3v) is 1.33. The fraction of sp³-hybridized carbons (Fsp3) is 1.00. The summed E-state index contributed by atoms with van der Waals surface area (Å²) >= 11 is 0. The molecule has 1 fully saturated rings. The van der Waals surface area contributed by atoms with Crippen LogP contribution in [0.15, 0.2) is 0 Å². The van der Waals surface area contributed by atoms with E-state index >= 15 is 0 Å². The molecule has 0 radical (unpaired) electrons. The average molecular weight is 144 g/mol. The van der Waals surface area contributed by atoms with Crippen LogP contribution >= 0.6 is 0 Å². The molecule has 1 unspecified atom stereocenters. The summed E-state index contributed by atoms with van der Waals surface area (Å²) in [6, 6.07) is 0.425. The second-order valence-electron chi connectivity index (χ2n) is 2.81. The van der Waals surface area contributed by atoms with Crippen molar-refractivity contribution in [1.82, 2.24) is 5.32 Å². The number of nitrogens with two attached hydrogens (primary N) is 1. The van der Waals surface area contributed by atoms with Crippen LogP contribution in [-0.4, -0.2) is 19.1 Å². The molecule has 2 nitrogen and oxygen atoms in total. The maximum Gasteiger partial charge on any atom is 0.0165 e.